The maximum atomic E-state index is 14.5. The highest BCUT2D eigenvalue weighted by Crippen LogP contribution is 2.32. The van der Waals surface area contributed by atoms with Crippen LogP contribution < -0.4 is 37.2 Å². The van der Waals surface area contributed by atoms with Gasteiger partial charge in [0, 0.05) is 54.8 Å². The normalized spacial score (nSPS) is 15.9. The van der Waals surface area contributed by atoms with Crippen LogP contribution in [0.4, 0.5) is 11.8 Å². The van der Waals surface area contributed by atoms with Crippen molar-refractivity contribution in [3.8, 4) is 10.6 Å². The summed E-state index contributed by atoms with van der Waals surface area (Å²) in [5, 5.41) is 24.4. The van der Waals surface area contributed by atoms with E-state index in [4.69, 9.17) is 14.5 Å². The summed E-state index contributed by atoms with van der Waals surface area (Å²) in [5.74, 6) is -0.343. The minimum atomic E-state index is -1.04. The Morgan fingerprint density at radius 3 is 2.05 bits per heavy atom. The third-order valence-corrected chi connectivity index (χ3v) is 14.7. The van der Waals surface area contributed by atoms with Gasteiger partial charge in [0.2, 0.25) is 29.6 Å². The van der Waals surface area contributed by atoms with E-state index in [0.29, 0.717) is 49.9 Å². The van der Waals surface area contributed by atoms with Crippen LogP contribution in [-0.2, 0) is 35.2 Å². The average molecular weight is 1060 g/mol. The first kappa shape index (κ1) is 56.9. The fourth-order valence-corrected chi connectivity index (χ4v) is 10.3. The van der Waals surface area contributed by atoms with Crippen LogP contribution in [-0.4, -0.2) is 133 Å². The van der Waals surface area contributed by atoms with Crippen molar-refractivity contribution in [1.29, 1.82) is 0 Å². The molecule has 2 aromatic heterocycles. The van der Waals surface area contributed by atoms with E-state index in [0.717, 1.165) is 71.9 Å². The van der Waals surface area contributed by atoms with E-state index in [1.807, 2.05) is 84.2 Å². The molecule has 2 aliphatic rings. The molecule has 5 aromatic rings. The molecule has 0 unspecified atom stereocenters. The SMILES string of the molecule is CN[C@@H](C)C(=O)N[C@H](C(=O)N1CCC[C@H]1C(=O)N[C@H](C(=O)NCCOCCOCCNC(=O)c1ccc(-c2nc(CNc3nccc(NCC(C)C)n3)cs2)cc1)C(c1ccccc1)c1ccccc1)C1CCCCC1. The molecular weight excluding hydrogens is 983 g/mol. The molecule has 19 heteroatoms. The number of likely N-dealkylation sites (tertiary alicyclic amines) is 1. The molecule has 18 nitrogen and oxygen atoms in total. The van der Waals surface area contributed by atoms with Crippen LogP contribution in [0.3, 0.4) is 0 Å². The average Bonchev–Trinajstić information content (AvgIpc) is 4.16. The Hall–Kier alpha value is -6.80. The monoisotopic (exact) mass is 1060 g/mol. The second-order valence-electron chi connectivity index (χ2n) is 19.8. The summed E-state index contributed by atoms with van der Waals surface area (Å²) < 4.78 is 11.5. The zero-order valence-corrected chi connectivity index (χ0v) is 45.0. The number of hydrogen-bond donors (Lipinski definition) is 7. The predicted molar refractivity (Wildman–Crippen MR) is 296 cm³/mol. The lowest BCUT2D eigenvalue weighted by molar-refractivity contribution is -0.143. The van der Waals surface area contributed by atoms with Gasteiger partial charge >= 0.3 is 0 Å². The van der Waals surface area contributed by atoms with Crippen molar-refractivity contribution in [3.05, 3.63) is 125 Å². The number of amides is 5. The molecule has 7 rings (SSSR count). The highest BCUT2D eigenvalue weighted by Gasteiger charge is 2.43. The van der Waals surface area contributed by atoms with E-state index in [1.54, 1.807) is 37.2 Å². The fourth-order valence-electron chi connectivity index (χ4n) is 9.51. The van der Waals surface area contributed by atoms with Crippen molar-refractivity contribution < 1.29 is 33.4 Å². The molecule has 4 atom stereocenters. The first-order valence-electron chi connectivity index (χ1n) is 26.7. The van der Waals surface area contributed by atoms with E-state index in [9.17, 15) is 24.0 Å². The number of aromatic nitrogens is 3. The Morgan fingerprint density at radius 2 is 1.39 bits per heavy atom. The van der Waals surface area contributed by atoms with Crippen LogP contribution in [0.1, 0.15) is 98.8 Å². The van der Waals surface area contributed by atoms with Crippen molar-refractivity contribution >= 4 is 52.6 Å². The molecular formula is C57H75N11O7S. The molecule has 7 N–H and O–H groups in total. The number of benzene rings is 3. The number of rotatable bonds is 28. The van der Waals surface area contributed by atoms with E-state index in [-0.39, 0.29) is 56.6 Å². The van der Waals surface area contributed by atoms with Gasteiger partial charge in [-0.05, 0) is 80.8 Å². The van der Waals surface area contributed by atoms with Gasteiger partial charge in [0.05, 0.1) is 44.7 Å². The molecule has 0 bridgehead atoms. The maximum absolute atomic E-state index is 14.5. The Bertz CT molecular complexity index is 2580. The molecule has 3 heterocycles. The lowest BCUT2D eigenvalue weighted by Crippen LogP contribution is -2.59. The quantitative estimate of drug-likeness (QED) is 0.0280. The largest absolute Gasteiger partial charge is 0.377 e. The van der Waals surface area contributed by atoms with Crippen molar-refractivity contribution in [2.75, 3.05) is 70.3 Å². The third-order valence-electron chi connectivity index (χ3n) is 13.8. The smallest absolute Gasteiger partial charge is 0.251 e. The molecule has 3 aromatic carbocycles. The Labute approximate surface area is 450 Å². The molecule has 1 saturated heterocycles. The number of thiazole rings is 1. The zero-order valence-electron chi connectivity index (χ0n) is 44.2. The lowest BCUT2D eigenvalue weighted by atomic mass is 9.83. The van der Waals surface area contributed by atoms with Crippen LogP contribution >= 0.6 is 11.3 Å². The van der Waals surface area contributed by atoms with E-state index in [1.165, 1.54) is 11.3 Å². The van der Waals surface area contributed by atoms with Crippen molar-refractivity contribution in [1.82, 2.24) is 46.4 Å². The van der Waals surface area contributed by atoms with Gasteiger partial charge in [-0.1, -0.05) is 106 Å². The van der Waals surface area contributed by atoms with Crippen LogP contribution in [0.25, 0.3) is 10.6 Å². The van der Waals surface area contributed by atoms with Gasteiger partial charge in [-0.3, -0.25) is 24.0 Å². The molecule has 0 spiro atoms. The molecule has 5 amide bonds. The van der Waals surface area contributed by atoms with Crippen LogP contribution in [0.15, 0.2) is 103 Å². The van der Waals surface area contributed by atoms with Crippen LogP contribution in [0.5, 0.6) is 0 Å². The number of nitrogens with one attached hydrogen (secondary N) is 7. The number of anilines is 2. The predicted octanol–water partition coefficient (Wildman–Crippen LogP) is 6.14. The molecule has 76 heavy (non-hydrogen) atoms. The second kappa shape index (κ2) is 29.5. The zero-order chi connectivity index (χ0) is 53.7. The first-order chi connectivity index (χ1) is 37.0. The summed E-state index contributed by atoms with van der Waals surface area (Å²) in [7, 11) is 1.70. The standard InChI is InChI=1S/C57H75N11O7S/c1-38(2)35-62-47-26-27-61-57(65-47)63-36-45-37-76-55(64-45)44-24-22-43(23-25-44)52(70)59-28-31-74-33-34-75-32-29-60-54(72)50(48(40-15-8-5-9-16-40)41-17-10-6-11-18-41)67-53(71)46-21-14-30-68(46)56(73)49(42-19-12-7-13-20-42)66-51(69)39(3)58-4/h5-6,8-11,15-18,22-27,37-39,42,46,48-50,58H,7,12-14,19-21,28-36H2,1-4H3,(H,59,70)(H,60,72)(H,66,69)(H,67,71)(H2,61,62,63,65)/t39-,46-,49-,50-/m0/s1. The summed E-state index contributed by atoms with van der Waals surface area (Å²) >= 11 is 1.52. The number of carbonyl (C=O) groups excluding carboxylic acids is 5. The Morgan fingerprint density at radius 1 is 0.724 bits per heavy atom. The van der Waals surface area contributed by atoms with Crippen LogP contribution in [0, 0.1) is 11.8 Å². The third kappa shape index (κ3) is 16.6. The summed E-state index contributed by atoms with van der Waals surface area (Å²) in [6.45, 7) is 9.18. The lowest BCUT2D eigenvalue weighted by Gasteiger charge is -2.36. The van der Waals surface area contributed by atoms with Crippen LogP contribution in [0.2, 0.25) is 0 Å². The molecule has 2 fully saturated rings. The van der Waals surface area contributed by atoms with Gasteiger partial charge < -0.3 is 51.6 Å². The summed E-state index contributed by atoms with van der Waals surface area (Å²) in [6, 6.07) is 25.2. The van der Waals surface area contributed by atoms with Gasteiger partial charge in [-0.2, -0.15) is 4.98 Å². The summed E-state index contributed by atoms with van der Waals surface area (Å²) in [6.07, 6.45) is 7.46. The Kier molecular flexibility index (Phi) is 22.1. The topological polar surface area (TPSA) is 230 Å². The second-order valence-corrected chi connectivity index (χ2v) is 20.6. The Balaban J connectivity index is 0.863. The summed E-state index contributed by atoms with van der Waals surface area (Å²) in [4.78, 5) is 84.7. The molecule has 1 aliphatic carbocycles. The molecule has 1 aliphatic heterocycles. The van der Waals surface area contributed by atoms with Gasteiger partial charge in [-0.15, -0.1) is 11.3 Å². The highest BCUT2D eigenvalue weighted by atomic mass is 32.1. The van der Waals surface area contributed by atoms with Gasteiger partial charge in [0.1, 0.15) is 29.0 Å². The number of hydrogen-bond acceptors (Lipinski definition) is 14. The van der Waals surface area contributed by atoms with Gasteiger partial charge in [0.25, 0.3) is 5.91 Å². The minimum absolute atomic E-state index is 0.0286. The van der Waals surface area contributed by atoms with Gasteiger partial charge in [0.15, 0.2) is 0 Å². The molecule has 0 radical (unpaired) electrons. The van der Waals surface area contributed by atoms with Crippen molar-refractivity contribution in [2.24, 2.45) is 11.8 Å². The van der Waals surface area contributed by atoms with Gasteiger partial charge in [-0.25, -0.2) is 9.97 Å². The number of nitrogens with zero attached hydrogens (tertiary/aromatic N) is 4. The highest BCUT2D eigenvalue weighted by molar-refractivity contribution is 7.13. The number of carbonyl (C=O) groups is 5. The number of ether oxygens (including phenoxy) is 2. The van der Waals surface area contributed by atoms with E-state index >= 15 is 0 Å². The van der Waals surface area contributed by atoms with Crippen molar-refractivity contribution in [3.63, 3.8) is 0 Å². The number of likely N-dealkylation sites (N-methyl/N-ethyl adjacent to an activating group) is 1. The summed E-state index contributed by atoms with van der Waals surface area (Å²) in [5.41, 5.74) is 3.96. The minimum Gasteiger partial charge on any atom is -0.377 e. The molecule has 406 valence electrons. The maximum Gasteiger partial charge on any atom is 0.251 e. The van der Waals surface area contributed by atoms with E-state index < -0.39 is 41.9 Å². The van der Waals surface area contributed by atoms with Crippen molar-refractivity contribution in [2.45, 2.75) is 102 Å². The first-order valence-corrected chi connectivity index (χ1v) is 27.6. The fraction of sp³-hybridized carbons (Fsp3) is 0.474. The van der Waals surface area contributed by atoms with E-state index in [2.05, 4.69) is 61.0 Å². The molecule has 1 saturated carbocycles.